The van der Waals surface area contributed by atoms with Crippen LogP contribution in [0.2, 0.25) is 0 Å². The number of hydrogen-bond donors (Lipinski definition) is 3. The zero-order valence-corrected chi connectivity index (χ0v) is 13.8. The molecule has 8 heteroatoms. The van der Waals surface area contributed by atoms with Gasteiger partial charge in [-0.25, -0.2) is 13.1 Å². The van der Waals surface area contributed by atoms with E-state index in [9.17, 15) is 18.0 Å². The molecule has 0 aliphatic heterocycles. The van der Waals surface area contributed by atoms with Crippen molar-refractivity contribution in [3.8, 4) is 0 Å². The van der Waals surface area contributed by atoms with Gasteiger partial charge in [0.1, 0.15) is 5.41 Å². The summed E-state index contributed by atoms with van der Waals surface area (Å²) in [6.07, 6.45) is 1.73. The summed E-state index contributed by atoms with van der Waals surface area (Å²) in [5.41, 5.74) is -0.831. The van der Waals surface area contributed by atoms with E-state index in [1.54, 1.807) is 12.1 Å². The second kappa shape index (κ2) is 6.29. The van der Waals surface area contributed by atoms with E-state index in [0.717, 1.165) is 12.8 Å². The summed E-state index contributed by atoms with van der Waals surface area (Å²) in [5.74, 6) is -1.81. The van der Waals surface area contributed by atoms with Crippen molar-refractivity contribution in [2.24, 2.45) is 5.41 Å². The van der Waals surface area contributed by atoms with Gasteiger partial charge in [0.25, 0.3) is 0 Å². The first kappa shape index (κ1) is 17.4. The predicted octanol–water partition coefficient (Wildman–Crippen LogP) is 0.854. The summed E-state index contributed by atoms with van der Waals surface area (Å²) in [7, 11) is -3.49. The van der Waals surface area contributed by atoms with Gasteiger partial charge in [0.15, 0.2) is 0 Å². The van der Waals surface area contributed by atoms with Crippen molar-refractivity contribution in [2.45, 2.75) is 44.2 Å². The second-order valence-corrected chi connectivity index (χ2v) is 7.87. The summed E-state index contributed by atoms with van der Waals surface area (Å²) >= 11 is 0. The third-order valence-electron chi connectivity index (χ3n) is 3.69. The van der Waals surface area contributed by atoms with E-state index in [1.165, 1.54) is 26.0 Å². The van der Waals surface area contributed by atoms with E-state index in [2.05, 4.69) is 10.0 Å². The van der Waals surface area contributed by atoms with Gasteiger partial charge in [0.2, 0.25) is 15.9 Å². The van der Waals surface area contributed by atoms with Crippen LogP contribution in [0, 0.1) is 5.41 Å². The Morgan fingerprint density at radius 3 is 2.26 bits per heavy atom. The molecule has 0 aromatic heterocycles. The quantitative estimate of drug-likeness (QED) is 0.637. The molecule has 1 fully saturated rings. The maximum absolute atomic E-state index is 12.0. The Hall–Kier alpha value is -1.93. The van der Waals surface area contributed by atoms with Gasteiger partial charge < -0.3 is 10.4 Å². The minimum Gasteiger partial charge on any atom is -0.480 e. The number of sulfonamides is 1. The fourth-order valence-corrected chi connectivity index (χ4v) is 3.08. The molecule has 1 amide bonds. The van der Waals surface area contributed by atoms with E-state index < -0.39 is 27.3 Å². The molecular weight excluding hydrogens is 320 g/mol. The SMILES string of the molecule is CC(C)(C(=O)O)C(=O)NCc1ccc(S(=O)(=O)NC2CC2)cc1. The fourth-order valence-electron chi connectivity index (χ4n) is 1.78. The van der Waals surface area contributed by atoms with Crippen molar-refractivity contribution >= 4 is 21.9 Å². The molecule has 1 aromatic rings. The van der Waals surface area contributed by atoms with Crippen molar-refractivity contribution in [1.82, 2.24) is 10.0 Å². The van der Waals surface area contributed by atoms with E-state index in [-0.39, 0.29) is 17.5 Å². The standard InChI is InChI=1S/C15H20N2O5S/c1-15(2,14(19)20)13(18)16-9-10-3-7-12(8-4-10)23(21,22)17-11-5-6-11/h3-4,7-8,11,17H,5-6,9H2,1-2H3,(H,16,18)(H,19,20). The summed E-state index contributed by atoms with van der Waals surface area (Å²) < 4.78 is 26.6. The lowest BCUT2D eigenvalue weighted by Crippen LogP contribution is -2.41. The Bertz CT molecular complexity index is 706. The number of nitrogens with one attached hydrogen (secondary N) is 2. The molecule has 0 bridgehead atoms. The summed E-state index contributed by atoms with van der Waals surface area (Å²) in [5, 5.41) is 11.5. The summed E-state index contributed by atoms with van der Waals surface area (Å²) in [6.45, 7) is 2.78. The maximum Gasteiger partial charge on any atom is 0.318 e. The highest BCUT2D eigenvalue weighted by molar-refractivity contribution is 7.89. The lowest BCUT2D eigenvalue weighted by molar-refractivity contribution is -0.153. The Labute approximate surface area is 135 Å². The molecule has 23 heavy (non-hydrogen) atoms. The van der Waals surface area contributed by atoms with Crippen LogP contribution < -0.4 is 10.0 Å². The van der Waals surface area contributed by atoms with Crippen LogP contribution in [-0.4, -0.2) is 31.4 Å². The average molecular weight is 340 g/mol. The number of carbonyl (C=O) groups excluding carboxylic acids is 1. The highest BCUT2D eigenvalue weighted by Gasteiger charge is 2.35. The molecule has 1 saturated carbocycles. The maximum atomic E-state index is 12.0. The van der Waals surface area contributed by atoms with Gasteiger partial charge in [-0.05, 0) is 44.4 Å². The van der Waals surface area contributed by atoms with Crippen LogP contribution in [0.1, 0.15) is 32.3 Å². The van der Waals surface area contributed by atoms with E-state index >= 15 is 0 Å². The second-order valence-electron chi connectivity index (χ2n) is 6.15. The first-order valence-electron chi connectivity index (χ1n) is 7.26. The number of benzene rings is 1. The highest BCUT2D eigenvalue weighted by atomic mass is 32.2. The van der Waals surface area contributed by atoms with Crippen LogP contribution in [-0.2, 0) is 26.2 Å². The number of aliphatic carboxylic acids is 1. The molecule has 0 unspecified atom stereocenters. The van der Waals surface area contributed by atoms with Crippen molar-refractivity contribution in [2.75, 3.05) is 0 Å². The molecule has 126 valence electrons. The van der Waals surface area contributed by atoms with Crippen molar-refractivity contribution in [1.29, 1.82) is 0 Å². The lowest BCUT2D eigenvalue weighted by Gasteiger charge is -2.18. The molecule has 0 heterocycles. The van der Waals surface area contributed by atoms with Crippen LogP contribution in [0.25, 0.3) is 0 Å². The van der Waals surface area contributed by atoms with Gasteiger partial charge in [-0.1, -0.05) is 12.1 Å². The van der Waals surface area contributed by atoms with Gasteiger partial charge in [-0.3, -0.25) is 9.59 Å². The molecule has 1 aliphatic rings. The number of hydrogen-bond acceptors (Lipinski definition) is 4. The Kier molecular flexibility index (Phi) is 4.76. The first-order valence-corrected chi connectivity index (χ1v) is 8.74. The van der Waals surface area contributed by atoms with Gasteiger partial charge in [-0.2, -0.15) is 0 Å². The monoisotopic (exact) mass is 340 g/mol. The summed E-state index contributed by atoms with van der Waals surface area (Å²) in [6, 6.07) is 6.16. The molecule has 1 aromatic carbocycles. The van der Waals surface area contributed by atoms with Crippen LogP contribution in [0.15, 0.2) is 29.2 Å². The zero-order valence-electron chi connectivity index (χ0n) is 13.0. The van der Waals surface area contributed by atoms with Crippen LogP contribution in [0.3, 0.4) is 0 Å². The molecular formula is C15H20N2O5S. The molecule has 7 nitrogen and oxygen atoms in total. The smallest absolute Gasteiger partial charge is 0.318 e. The normalized spacial score (nSPS) is 15.2. The number of rotatable bonds is 7. The molecule has 1 aliphatic carbocycles. The van der Waals surface area contributed by atoms with E-state index in [0.29, 0.717) is 5.56 Å². The van der Waals surface area contributed by atoms with E-state index in [4.69, 9.17) is 5.11 Å². The zero-order chi connectivity index (χ0) is 17.3. The van der Waals surface area contributed by atoms with E-state index in [1.807, 2.05) is 0 Å². The van der Waals surface area contributed by atoms with Gasteiger partial charge in [0.05, 0.1) is 4.90 Å². The third-order valence-corrected chi connectivity index (χ3v) is 5.22. The molecule has 2 rings (SSSR count). The number of carboxylic acid groups (broad SMARTS) is 1. The van der Waals surface area contributed by atoms with Crippen molar-refractivity contribution in [3.05, 3.63) is 29.8 Å². The topological polar surface area (TPSA) is 113 Å². The molecule has 3 N–H and O–H groups in total. The van der Waals surface area contributed by atoms with Gasteiger partial charge in [0, 0.05) is 12.6 Å². The Balaban J connectivity index is 1.97. The highest BCUT2D eigenvalue weighted by Crippen LogP contribution is 2.22. The Morgan fingerprint density at radius 1 is 1.22 bits per heavy atom. The average Bonchev–Trinajstić information content (AvgIpc) is 3.28. The molecule has 0 spiro atoms. The van der Waals surface area contributed by atoms with Crippen LogP contribution in [0.4, 0.5) is 0 Å². The van der Waals surface area contributed by atoms with Gasteiger partial charge >= 0.3 is 5.97 Å². The molecule has 0 saturated heterocycles. The third kappa shape index (κ3) is 4.29. The largest absolute Gasteiger partial charge is 0.480 e. The predicted molar refractivity (Wildman–Crippen MR) is 83.0 cm³/mol. The summed E-state index contributed by atoms with van der Waals surface area (Å²) in [4.78, 5) is 23.0. The number of carboxylic acids is 1. The fraction of sp³-hybridized carbons (Fsp3) is 0.467. The number of amides is 1. The first-order chi connectivity index (χ1) is 10.6. The van der Waals surface area contributed by atoms with Crippen LogP contribution >= 0.6 is 0 Å². The minimum absolute atomic E-state index is 0.0391. The lowest BCUT2D eigenvalue weighted by atomic mass is 9.92. The van der Waals surface area contributed by atoms with Crippen molar-refractivity contribution in [3.63, 3.8) is 0 Å². The molecule has 0 atom stereocenters. The van der Waals surface area contributed by atoms with Crippen LogP contribution in [0.5, 0.6) is 0 Å². The number of carbonyl (C=O) groups is 2. The van der Waals surface area contributed by atoms with Gasteiger partial charge in [-0.15, -0.1) is 0 Å². The minimum atomic E-state index is -3.49. The Morgan fingerprint density at radius 2 is 1.78 bits per heavy atom. The molecule has 0 radical (unpaired) electrons. The van der Waals surface area contributed by atoms with Crippen molar-refractivity contribution < 1.29 is 23.1 Å².